The van der Waals surface area contributed by atoms with Gasteiger partial charge < -0.3 is 10.4 Å². The van der Waals surface area contributed by atoms with E-state index in [0.717, 1.165) is 18.4 Å². The Bertz CT molecular complexity index is 743. The van der Waals surface area contributed by atoms with Gasteiger partial charge in [0.15, 0.2) is 0 Å². The molecule has 24 heavy (non-hydrogen) atoms. The monoisotopic (exact) mass is 325 g/mol. The molecule has 2 rings (SSSR count). The summed E-state index contributed by atoms with van der Waals surface area (Å²) in [7, 11) is 1.89. The van der Waals surface area contributed by atoms with E-state index in [2.05, 4.69) is 22.3 Å². The van der Waals surface area contributed by atoms with Crippen molar-refractivity contribution in [2.24, 2.45) is 7.05 Å². The van der Waals surface area contributed by atoms with Crippen LogP contribution < -0.4 is 5.32 Å². The minimum atomic E-state index is -1.02. The first-order valence-electron chi connectivity index (χ1n) is 7.95. The minimum absolute atomic E-state index is 0.0943. The fourth-order valence-corrected chi connectivity index (χ4v) is 2.13. The molecule has 1 aromatic heterocycles. The summed E-state index contributed by atoms with van der Waals surface area (Å²) in [5, 5.41) is 16.6. The van der Waals surface area contributed by atoms with Crippen molar-refractivity contribution in [1.82, 2.24) is 15.1 Å². The van der Waals surface area contributed by atoms with E-state index in [4.69, 9.17) is 0 Å². The summed E-state index contributed by atoms with van der Waals surface area (Å²) >= 11 is 0. The third-order valence-corrected chi connectivity index (χ3v) is 3.35. The molecule has 5 nitrogen and oxygen atoms in total. The lowest BCUT2D eigenvalue weighted by molar-refractivity contribution is 0.0953. The van der Waals surface area contributed by atoms with E-state index in [1.165, 1.54) is 5.56 Å². The van der Waals surface area contributed by atoms with Crippen LogP contribution >= 0.6 is 0 Å². The van der Waals surface area contributed by atoms with Crippen LogP contribution in [0.15, 0.2) is 36.7 Å². The van der Waals surface area contributed by atoms with Crippen molar-refractivity contribution < 1.29 is 9.90 Å². The summed E-state index contributed by atoms with van der Waals surface area (Å²) < 4.78 is 1.77. The fourth-order valence-electron chi connectivity index (χ4n) is 2.13. The van der Waals surface area contributed by atoms with Gasteiger partial charge in [0.25, 0.3) is 5.91 Å². The molecule has 0 saturated heterocycles. The highest BCUT2D eigenvalue weighted by Crippen LogP contribution is 2.05. The lowest BCUT2D eigenvalue weighted by atomic mass is 10.1. The van der Waals surface area contributed by atoms with E-state index < -0.39 is 5.60 Å². The van der Waals surface area contributed by atoms with Crippen LogP contribution in [-0.2, 0) is 13.5 Å². The zero-order chi connectivity index (χ0) is 17.6. The molecule has 1 aromatic carbocycles. The summed E-state index contributed by atoms with van der Waals surface area (Å²) in [6.07, 6.45) is 5.58. The van der Waals surface area contributed by atoms with Crippen molar-refractivity contribution in [3.8, 4) is 11.8 Å². The summed E-state index contributed by atoms with van der Waals surface area (Å²) in [6.45, 7) is 3.88. The molecular formula is C19H23N3O2. The number of carbonyl (C=O) groups excluding carboxylic acids is 1. The number of hydrogen-bond acceptors (Lipinski definition) is 3. The molecule has 0 aliphatic carbocycles. The van der Waals surface area contributed by atoms with Crippen LogP contribution in [0.5, 0.6) is 0 Å². The highest BCUT2D eigenvalue weighted by molar-refractivity contribution is 5.94. The van der Waals surface area contributed by atoms with E-state index in [1.807, 2.05) is 19.4 Å². The Balaban J connectivity index is 1.80. The molecule has 0 spiro atoms. The standard InChI is InChI=1S/C19H23N3O2/c1-19(2,24)11-10-15-6-8-17(9-7-15)18(23)20-12-4-5-16-13-21-22(3)14-16/h6-9,13-14,24H,4-5,12H2,1-3H3,(H,20,23). The number of benzene rings is 1. The van der Waals surface area contributed by atoms with Gasteiger partial charge in [0.2, 0.25) is 0 Å². The van der Waals surface area contributed by atoms with Gasteiger partial charge in [-0.2, -0.15) is 5.10 Å². The van der Waals surface area contributed by atoms with Crippen LogP contribution in [0.2, 0.25) is 0 Å². The molecule has 0 unspecified atom stereocenters. The Kier molecular flexibility index (Phi) is 5.78. The number of aryl methyl sites for hydroxylation is 2. The van der Waals surface area contributed by atoms with Crippen LogP contribution in [-0.4, -0.2) is 32.9 Å². The first-order chi connectivity index (χ1) is 11.3. The molecule has 0 fully saturated rings. The molecule has 0 aliphatic heterocycles. The smallest absolute Gasteiger partial charge is 0.251 e. The molecule has 126 valence electrons. The van der Waals surface area contributed by atoms with E-state index in [1.54, 1.807) is 42.8 Å². The molecule has 1 amide bonds. The van der Waals surface area contributed by atoms with Crippen molar-refractivity contribution in [3.63, 3.8) is 0 Å². The van der Waals surface area contributed by atoms with Crippen LogP contribution in [0.25, 0.3) is 0 Å². The van der Waals surface area contributed by atoms with E-state index in [9.17, 15) is 9.90 Å². The Morgan fingerprint density at radius 1 is 1.33 bits per heavy atom. The molecule has 2 aromatic rings. The molecular weight excluding hydrogens is 302 g/mol. The number of aromatic nitrogens is 2. The zero-order valence-electron chi connectivity index (χ0n) is 14.3. The lowest BCUT2D eigenvalue weighted by Crippen LogP contribution is -2.24. The van der Waals surface area contributed by atoms with Crippen molar-refractivity contribution >= 4 is 5.91 Å². The summed E-state index contributed by atoms with van der Waals surface area (Å²) in [6, 6.07) is 7.04. The van der Waals surface area contributed by atoms with Crippen molar-refractivity contribution in [1.29, 1.82) is 0 Å². The Morgan fingerprint density at radius 3 is 2.62 bits per heavy atom. The van der Waals surface area contributed by atoms with Crippen LogP contribution in [0, 0.1) is 11.8 Å². The molecule has 0 atom stereocenters. The third kappa shape index (κ3) is 5.90. The van der Waals surface area contributed by atoms with Gasteiger partial charge >= 0.3 is 0 Å². The van der Waals surface area contributed by atoms with Gasteiger partial charge in [-0.3, -0.25) is 9.48 Å². The number of carbonyl (C=O) groups is 1. The van der Waals surface area contributed by atoms with Crippen LogP contribution in [0.1, 0.15) is 41.8 Å². The molecule has 0 aliphatic rings. The first-order valence-corrected chi connectivity index (χ1v) is 7.95. The zero-order valence-corrected chi connectivity index (χ0v) is 14.3. The van der Waals surface area contributed by atoms with Crippen LogP contribution in [0.3, 0.4) is 0 Å². The van der Waals surface area contributed by atoms with Gasteiger partial charge in [-0.25, -0.2) is 0 Å². The number of aliphatic hydroxyl groups is 1. The average Bonchev–Trinajstić information content (AvgIpc) is 2.94. The number of amides is 1. The molecule has 5 heteroatoms. The van der Waals surface area contributed by atoms with Crippen LogP contribution in [0.4, 0.5) is 0 Å². The number of nitrogens with one attached hydrogen (secondary N) is 1. The Morgan fingerprint density at radius 2 is 2.04 bits per heavy atom. The van der Waals surface area contributed by atoms with Gasteiger partial charge in [-0.05, 0) is 56.5 Å². The second-order valence-corrected chi connectivity index (χ2v) is 6.27. The first kappa shape index (κ1) is 17.8. The topological polar surface area (TPSA) is 67.2 Å². The summed E-state index contributed by atoms with van der Waals surface area (Å²) in [5.74, 6) is 5.53. The average molecular weight is 325 g/mol. The van der Waals surface area contributed by atoms with E-state index in [-0.39, 0.29) is 5.91 Å². The predicted octanol–water partition coefficient (Wildman–Crippen LogP) is 1.91. The van der Waals surface area contributed by atoms with Crippen molar-refractivity contribution in [2.75, 3.05) is 6.54 Å². The van der Waals surface area contributed by atoms with Crippen molar-refractivity contribution in [2.45, 2.75) is 32.3 Å². The Labute approximate surface area is 142 Å². The number of hydrogen-bond donors (Lipinski definition) is 2. The van der Waals surface area contributed by atoms with Gasteiger partial charge in [0.1, 0.15) is 5.60 Å². The maximum absolute atomic E-state index is 12.1. The molecule has 1 heterocycles. The third-order valence-electron chi connectivity index (χ3n) is 3.35. The number of rotatable bonds is 5. The van der Waals surface area contributed by atoms with Crippen molar-refractivity contribution in [3.05, 3.63) is 53.3 Å². The molecule has 0 bridgehead atoms. The van der Waals surface area contributed by atoms with Gasteiger partial charge in [0, 0.05) is 30.9 Å². The normalized spacial score (nSPS) is 10.8. The van der Waals surface area contributed by atoms with Gasteiger partial charge in [-0.15, -0.1) is 0 Å². The summed E-state index contributed by atoms with van der Waals surface area (Å²) in [4.78, 5) is 12.1. The molecule has 0 radical (unpaired) electrons. The lowest BCUT2D eigenvalue weighted by Gasteiger charge is -2.06. The van der Waals surface area contributed by atoms with E-state index >= 15 is 0 Å². The highest BCUT2D eigenvalue weighted by Gasteiger charge is 2.07. The summed E-state index contributed by atoms with van der Waals surface area (Å²) in [5.41, 5.74) is 1.52. The minimum Gasteiger partial charge on any atom is -0.378 e. The number of nitrogens with zero attached hydrogens (tertiary/aromatic N) is 2. The highest BCUT2D eigenvalue weighted by atomic mass is 16.3. The van der Waals surface area contributed by atoms with Gasteiger partial charge in [-0.1, -0.05) is 11.8 Å². The second-order valence-electron chi connectivity index (χ2n) is 6.27. The molecule has 2 N–H and O–H groups in total. The van der Waals surface area contributed by atoms with Gasteiger partial charge in [0.05, 0.1) is 6.20 Å². The SMILES string of the molecule is Cn1cc(CCCNC(=O)c2ccc(C#CC(C)(C)O)cc2)cn1. The maximum atomic E-state index is 12.1. The van der Waals surface area contributed by atoms with E-state index in [0.29, 0.717) is 12.1 Å². The Hall–Kier alpha value is -2.58. The largest absolute Gasteiger partial charge is 0.378 e. The predicted molar refractivity (Wildman–Crippen MR) is 93.5 cm³/mol. The maximum Gasteiger partial charge on any atom is 0.251 e. The fraction of sp³-hybridized carbons (Fsp3) is 0.368. The molecule has 0 saturated carbocycles. The quantitative estimate of drug-likeness (QED) is 0.652. The second kappa shape index (κ2) is 7.80.